The standard InChI is InChI=1S/C24H20N2O6/c1-15(24(28)29)25-21(22(23(25)27)32-20-8-3-2-4-9-20)17-12-10-16(11-13-17)18-6-5-7-19(14-18)26(30)31/h2-15,21-22H,1H3,(H,28,29)/t15-,21?,22?/m0/s1. The van der Waals surface area contributed by atoms with Gasteiger partial charge in [0.05, 0.1) is 4.92 Å². The number of nitrogens with zero attached hydrogens (tertiary/aromatic N) is 2. The van der Waals surface area contributed by atoms with Gasteiger partial charge in [-0.25, -0.2) is 4.79 Å². The molecule has 0 aliphatic carbocycles. The lowest BCUT2D eigenvalue weighted by molar-refractivity contribution is -0.384. The molecule has 3 aromatic carbocycles. The number of likely N-dealkylation sites (tertiary alicyclic amines) is 1. The molecule has 0 spiro atoms. The molecule has 3 aromatic rings. The molecule has 162 valence electrons. The lowest BCUT2D eigenvalue weighted by Crippen LogP contribution is -2.65. The Morgan fingerprint density at radius 3 is 2.34 bits per heavy atom. The fourth-order valence-corrected chi connectivity index (χ4v) is 3.80. The summed E-state index contributed by atoms with van der Waals surface area (Å²) in [4.78, 5) is 36.2. The van der Waals surface area contributed by atoms with Crippen molar-refractivity contribution in [3.8, 4) is 16.9 Å². The molecular weight excluding hydrogens is 412 g/mol. The van der Waals surface area contributed by atoms with Crippen molar-refractivity contribution in [1.82, 2.24) is 4.90 Å². The number of carbonyl (C=O) groups is 2. The number of carboxylic acids is 1. The van der Waals surface area contributed by atoms with Crippen molar-refractivity contribution in [2.24, 2.45) is 0 Å². The topological polar surface area (TPSA) is 110 Å². The zero-order valence-corrected chi connectivity index (χ0v) is 17.1. The second kappa shape index (κ2) is 8.50. The van der Waals surface area contributed by atoms with Crippen molar-refractivity contribution in [3.63, 3.8) is 0 Å². The quantitative estimate of drug-likeness (QED) is 0.342. The highest BCUT2D eigenvalue weighted by Crippen LogP contribution is 2.40. The Bertz CT molecular complexity index is 1160. The Hall–Kier alpha value is -4.20. The molecule has 1 fully saturated rings. The van der Waals surface area contributed by atoms with Gasteiger partial charge in [0.2, 0.25) is 6.10 Å². The van der Waals surface area contributed by atoms with Crippen molar-refractivity contribution in [2.75, 3.05) is 0 Å². The van der Waals surface area contributed by atoms with E-state index in [-0.39, 0.29) is 5.69 Å². The van der Waals surface area contributed by atoms with E-state index in [4.69, 9.17) is 4.74 Å². The van der Waals surface area contributed by atoms with Crippen molar-refractivity contribution in [3.05, 3.63) is 94.5 Å². The molecule has 1 saturated heterocycles. The Kier molecular flexibility index (Phi) is 5.59. The second-order valence-electron chi connectivity index (χ2n) is 7.49. The maximum absolute atomic E-state index is 12.8. The molecule has 0 bridgehead atoms. The Labute approximate surface area is 183 Å². The third kappa shape index (κ3) is 3.90. The second-order valence-corrected chi connectivity index (χ2v) is 7.49. The lowest BCUT2D eigenvalue weighted by atomic mass is 9.87. The highest BCUT2D eigenvalue weighted by molar-refractivity contribution is 5.93. The minimum atomic E-state index is -1.10. The van der Waals surface area contributed by atoms with E-state index >= 15 is 0 Å². The van der Waals surface area contributed by atoms with Crippen LogP contribution < -0.4 is 4.74 Å². The van der Waals surface area contributed by atoms with Gasteiger partial charge in [-0.05, 0) is 35.7 Å². The van der Waals surface area contributed by atoms with Crippen molar-refractivity contribution in [1.29, 1.82) is 0 Å². The third-order valence-electron chi connectivity index (χ3n) is 5.51. The van der Waals surface area contributed by atoms with E-state index < -0.39 is 35.0 Å². The zero-order chi connectivity index (χ0) is 22.8. The Morgan fingerprint density at radius 2 is 1.72 bits per heavy atom. The highest BCUT2D eigenvalue weighted by atomic mass is 16.6. The maximum atomic E-state index is 12.8. The molecule has 0 radical (unpaired) electrons. The number of carboxylic acid groups (broad SMARTS) is 1. The van der Waals surface area contributed by atoms with Crippen LogP contribution in [0.25, 0.3) is 11.1 Å². The van der Waals surface area contributed by atoms with Gasteiger partial charge < -0.3 is 14.7 Å². The zero-order valence-electron chi connectivity index (χ0n) is 17.1. The van der Waals surface area contributed by atoms with Crippen LogP contribution in [0.4, 0.5) is 5.69 Å². The van der Waals surface area contributed by atoms with Crippen LogP contribution in [0.1, 0.15) is 18.5 Å². The molecule has 1 amide bonds. The molecule has 8 nitrogen and oxygen atoms in total. The molecule has 4 rings (SSSR count). The third-order valence-corrected chi connectivity index (χ3v) is 5.51. The summed E-state index contributed by atoms with van der Waals surface area (Å²) in [6.45, 7) is 1.46. The molecule has 1 N–H and O–H groups in total. The number of ether oxygens (including phenoxy) is 1. The van der Waals surface area contributed by atoms with E-state index in [0.29, 0.717) is 16.9 Å². The van der Waals surface area contributed by atoms with Crippen molar-refractivity contribution >= 4 is 17.6 Å². The number of β-lactam (4-membered cyclic amide) rings is 1. The number of amides is 1. The van der Waals surface area contributed by atoms with Gasteiger partial charge in [-0.3, -0.25) is 14.9 Å². The molecular formula is C24H20N2O6. The average Bonchev–Trinajstić information content (AvgIpc) is 2.81. The van der Waals surface area contributed by atoms with Crippen LogP contribution in [0.5, 0.6) is 5.75 Å². The summed E-state index contributed by atoms with van der Waals surface area (Å²) in [6, 6.07) is 20.8. The molecule has 8 heteroatoms. The van der Waals surface area contributed by atoms with Gasteiger partial charge in [-0.2, -0.15) is 0 Å². The van der Waals surface area contributed by atoms with E-state index in [1.165, 1.54) is 24.0 Å². The fourth-order valence-electron chi connectivity index (χ4n) is 3.80. The van der Waals surface area contributed by atoms with E-state index in [1.807, 2.05) is 6.07 Å². The number of rotatable bonds is 7. The van der Waals surface area contributed by atoms with Crippen LogP contribution >= 0.6 is 0 Å². The molecule has 32 heavy (non-hydrogen) atoms. The lowest BCUT2D eigenvalue weighted by Gasteiger charge is -2.48. The van der Waals surface area contributed by atoms with Crippen molar-refractivity contribution in [2.45, 2.75) is 25.1 Å². The summed E-state index contributed by atoms with van der Waals surface area (Å²) in [5.41, 5.74) is 2.16. The van der Waals surface area contributed by atoms with Gasteiger partial charge in [0.25, 0.3) is 11.6 Å². The number of nitro groups is 1. The summed E-state index contributed by atoms with van der Waals surface area (Å²) in [5.74, 6) is -0.974. The molecule has 1 aliphatic rings. The van der Waals surface area contributed by atoms with Crippen LogP contribution in [0, 0.1) is 10.1 Å². The number of carbonyl (C=O) groups excluding carboxylic acids is 1. The van der Waals surface area contributed by atoms with Gasteiger partial charge in [0.15, 0.2) is 0 Å². The van der Waals surface area contributed by atoms with Crippen molar-refractivity contribution < 1.29 is 24.4 Å². The van der Waals surface area contributed by atoms with E-state index in [2.05, 4.69) is 0 Å². The largest absolute Gasteiger partial charge is 0.480 e. The van der Waals surface area contributed by atoms with Crippen LogP contribution in [0.3, 0.4) is 0 Å². The van der Waals surface area contributed by atoms with Gasteiger partial charge >= 0.3 is 5.97 Å². The molecule has 2 unspecified atom stereocenters. The maximum Gasteiger partial charge on any atom is 0.326 e. The Balaban J connectivity index is 1.64. The van der Waals surface area contributed by atoms with Crippen LogP contribution in [-0.2, 0) is 9.59 Å². The van der Waals surface area contributed by atoms with E-state index in [9.17, 15) is 24.8 Å². The number of aliphatic carboxylic acids is 1. The first-order valence-corrected chi connectivity index (χ1v) is 9.98. The predicted octanol–water partition coefficient (Wildman–Crippen LogP) is 4.07. The van der Waals surface area contributed by atoms with Gasteiger partial charge in [-0.15, -0.1) is 0 Å². The summed E-state index contributed by atoms with van der Waals surface area (Å²) in [6.07, 6.45) is -0.845. The Morgan fingerprint density at radius 1 is 1.03 bits per heavy atom. The molecule has 3 atom stereocenters. The molecule has 0 saturated carbocycles. The summed E-state index contributed by atoms with van der Waals surface area (Å²) in [7, 11) is 0. The van der Waals surface area contributed by atoms with Crippen LogP contribution in [0.2, 0.25) is 0 Å². The molecule has 1 aliphatic heterocycles. The molecule has 1 heterocycles. The minimum Gasteiger partial charge on any atom is -0.480 e. The summed E-state index contributed by atoms with van der Waals surface area (Å²) in [5, 5.41) is 20.5. The predicted molar refractivity (Wildman–Crippen MR) is 116 cm³/mol. The molecule has 0 aromatic heterocycles. The summed E-state index contributed by atoms with van der Waals surface area (Å²) >= 11 is 0. The number of hydrogen-bond donors (Lipinski definition) is 1. The van der Waals surface area contributed by atoms with Gasteiger partial charge in [0.1, 0.15) is 17.8 Å². The first-order chi connectivity index (χ1) is 15.4. The average molecular weight is 432 g/mol. The smallest absolute Gasteiger partial charge is 0.326 e. The summed E-state index contributed by atoms with van der Waals surface area (Å²) < 4.78 is 5.89. The van der Waals surface area contributed by atoms with E-state index in [0.717, 1.165) is 5.56 Å². The number of benzene rings is 3. The highest BCUT2D eigenvalue weighted by Gasteiger charge is 2.53. The number of para-hydroxylation sites is 1. The van der Waals surface area contributed by atoms with Gasteiger partial charge in [-0.1, -0.05) is 54.6 Å². The monoisotopic (exact) mass is 432 g/mol. The number of nitro benzene ring substituents is 1. The normalized spacial score (nSPS) is 18.5. The van der Waals surface area contributed by atoms with Crippen LogP contribution in [-0.4, -0.2) is 39.0 Å². The SMILES string of the molecule is C[C@@H](C(=O)O)N1C(=O)C(Oc2ccccc2)C1c1ccc(-c2cccc([N+](=O)[O-])c2)cc1. The minimum absolute atomic E-state index is 0.00560. The van der Waals surface area contributed by atoms with Crippen LogP contribution in [0.15, 0.2) is 78.9 Å². The number of hydrogen-bond acceptors (Lipinski definition) is 5. The van der Waals surface area contributed by atoms with E-state index in [1.54, 1.807) is 60.7 Å². The van der Waals surface area contributed by atoms with Gasteiger partial charge in [0, 0.05) is 12.1 Å². The fraction of sp³-hybridized carbons (Fsp3) is 0.167. The first kappa shape index (κ1) is 21.0. The first-order valence-electron chi connectivity index (χ1n) is 9.98. The number of non-ortho nitro benzene ring substituents is 1.